The Bertz CT molecular complexity index is 1120. The van der Waals surface area contributed by atoms with Gasteiger partial charge >= 0.3 is 0 Å². The molecular weight excluding hydrogens is 466 g/mol. The average Bonchev–Trinajstić information content (AvgIpc) is 2.89. The summed E-state index contributed by atoms with van der Waals surface area (Å²) in [6, 6.07) is 22.9. The Hall–Kier alpha value is -4.11. The van der Waals surface area contributed by atoms with Crippen molar-refractivity contribution in [3.63, 3.8) is 0 Å². The van der Waals surface area contributed by atoms with E-state index in [9.17, 15) is 9.59 Å². The van der Waals surface area contributed by atoms with Gasteiger partial charge < -0.3 is 14.2 Å². The predicted octanol–water partition coefficient (Wildman–Crippen LogP) is 3.88. The van der Waals surface area contributed by atoms with Crippen molar-refractivity contribution in [2.45, 2.75) is 13.3 Å². The Morgan fingerprint density at radius 3 is 2.03 bits per heavy atom. The summed E-state index contributed by atoms with van der Waals surface area (Å²) in [5, 5.41) is 2.47. The number of hydrogen-bond acceptors (Lipinski definition) is 6. The molecule has 0 aliphatic rings. The minimum absolute atomic E-state index is 0.0475. The molecule has 3 aromatic carbocycles. The zero-order chi connectivity index (χ0) is 24.9. The van der Waals surface area contributed by atoms with Crippen LogP contribution in [-0.2, 0) is 0 Å². The van der Waals surface area contributed by atoms with E-state index < -0.39 is 11.8 Å². The molecule has 3 aromatic rings. The van der Waals surface area contributed by atoms with E-state index in [0.717, 1.165) is 12.2 Å². The second kappa shape index (κ2) is 13.6. The van der Waals surface area contributed by atoms with E-state index >= 15 is 0 Å². The predicted molar refractivity (Wildman–Crippen MR) is 137 cm³/mol. The van der Waals surface area contributed by atoms with Crippen molar-refractivity contribution in [1.82, 2.24) is 16.2 Å². The van der Waals surface area contributed by atoms with Crippen LogP contribution in [0, 0.1) is 0 Å². The van der Waals surface area contributed by atoms with Gasteiger partial charge in [-0.05, 0) is 67.2 Å². The largest absolute Gasteiger partial charge is 0.493 e. The van der Waals surface area contributed by atoms with Gasteiger partial charge in [0, 0.05) is 5.56 Å². The minimum Gasteiger partial charge on any atom is -0.493 e. The third-order valence-electron chi connectivity index (χ3n) is 4.59. The summed E-state index contributed by atoms with van der Waals surface area (Å²) in [4.78, 5) is 24.9. The lowest BCUT2D eigenvalue weighted by molar-refractivity contribution is 0.0931. The number of carbonyl (C=O) groups is 2. The highest BCUT2D eigenvalue weighted by atomic mass is 32.1. The summed E-state index contributed by atoms with van der Waals surface area (Å²) < 4.78 is 16.8. The van der Waals surface area contributed by atoms with Crippen LogP contribution in [0.25, 0.3) is 0 Å². The smallest absolute Gasteiger partial charge is 0.273 e. The monoisotopic (exact) mass is 493 g/mol. The van der Waals surface area contributed by atoms with Gasteiger partial charge in [0.15, 0.2) is 5.11 Å². The molecule has 0 saturated heterocycles. The second-order valence-electron chi connectivity index (χ2n) is 7.24. The van der Waals surface area contributed by atoms with Gasteiger partial charge in [0.25, 0.3) is 11.8 Å². The van der Waals surface area contributed by atoms with Crippen molar-refractivity contribution in [3.8, 4) is 17.2 Å². The van der Waals surface area contributed by atoms with Gasteiger partial charge in [-0.2, -0.15) is 0 Å². The number of carbonyl (C=O) groups excluding carboxylic acids is 2. The quantitative estimate of drug-likeness (QED) is 0.224. The summed E-state index contributed by atoms with van der Waals surface area (Å²) in [5.74, 6) is 0.985. The summed E-state index contributed by atoms with van der Waals surface area (Å²) in [7, 11) is 0. The maximum atomic E-state index is 12.5. The van der Waals surface area contributed by atoms with Crippen molar-refractivity contribution in [2.24, 2.45) is 0 Å². The third kappa shape index (κ3) is 8.31. The highest BCUT2D eigenvalue weighted by Crippen LogP contribution is 2.18. The van der Waals surface area contributed by atoms with E-state index in [4.69, 9.17) is 26.4 Å². The maximum Gasteiger partial charge on any atom is 0.273 e. The Kier molecular flexibility index (Phi) is 9.89. The van der Waals surface area contributed by atoms with E-state index in [1.165, 1.54) is 0 Å². The maximum absolute atomic E-state index is 12.5. The number of hydrogen-bond donors (Lipinski definition) is 3. The molecule has 8 nitrogen and oxygen atoms in total. The van der Waals surface area contributed by atoms with Gasteiger partial charge in [0.05, 0.1) is 12.2 Å². The zero-order valence-electron chi connectivity index (χ0n) is 19.3. The van der Waals surface area contributed by atoms with Crippen LogP contribution in [0.1, 0.15) is 34.1 Å². The molecule has 0 atom stereocenters. The fourth-order valence-electron chi connectivity index (χ4n) is 2.92. The number of nitrogens with one attached hydrogen (secondary N) is 3. The summed E-state index contributed by atoms with van der Waals surface area (Å²) in [5.41, 5.74) is 5.73. The van der Waals surface area contributed by atoms with E-state index in [-0.39, 0.29) is 5.11 Å². The molecule has 3 N–H and O–H groups in total. The van der Waals surface area contributed by atoms with Crippen LogP contribution in [0.5, 0.6) is 17.2 Å². The second-order valence-corrected chi connectivity index (χ2v) is 7.65. The molecule has 0 heterocycles. The van der Waals surface area contributed by atoms with Crippen molar-refractivity contribution >= 4 is 29.1 Å². The van der Waals surface area contributed by atoms with E-state index in [0.29, 0.717) is 42.4 Å². The van der Waals surface area contributed by atoms with Crippen LogP contribution in [0.15, 0.2) is 78.9 Å². The summed E-state index contributed by atoms with van der Waals surface area (Å²) in [6.45, 7) is 3.24. The summed E-state index contributed by atoms with van der Waals surface area (Å²) in [6.07, 6.45) is 0.820. The van der Waals surface area contributed by atoms with Crippen LogP contribution >= 0.6 is 12.2 Å². The van der Waals surface area contributed by atoms with Crippen LogP contribution < -0.4 is 30.4 Å². The number of ether oxygens (including phenoxy) is 3. The molecule has 3 rings (SSSR count). The first-order valence-corrected chi connectivity index (χ1v) is 11.5. The summed E-state index contributed by atoms with van der Waals surface area (Å²) >= 11 is 5.11. The molecule has 0 fully saturated rings. The number of hydrazine groups is 1. The Labute approximate surface area is 209 Å². The van der Waals surface area contributed by atoms with Gasteiger partial charge in [-0.3, -0.25) is 25.8 Å². The number of benzene rings is 3. The first-order chi connectivity index (χ1) is 17.1. The molecule has 0 bridgehead atoms. The normalized spacial score (nSPS) is 10.1. The topological polar surface area (TPSA) is 97.9 Å². The fourth-order valence-corrected chi connectivity index (χ4v) is 3.06. The van der Waals surface area contributed by atoms with Crippen LogP contribution in [0.2, 0.25) is 0 Å². The molecule has 0 aromatic heterocycles. The lowest BCUT2D eigenvalue weighted by Gasteiger charge is -2.13. The molecule has 0 saturated carbocycles. The minimum atomic E-state index is -0.439. The molecule has 35 heavy (non-hydrogen) atoms. The Morgan fingerprint density at radius 1 is 0.714 bits per heavy atom. The molecular formula is C26H27N3O5S. The standard InChI is InChI=1S/C26H27N3O5S/c1-2-16-34-23-11-7-6-10-22(23)25(31)28-29-26(35)27-24(30)19-12-14-21(15-13-19)33-18-17-32-20-8-4-3-5-9-20/h3-15H,2,16-18H2,1H3,(H,28,31)(H2,27,29,30,35). The lowest BCUT2D eigenvalue weighted by atomic mass is 10.2. The van der Waals surface area contributed by atoms with Crippen LogP contribution in [0.3, 0.4) is 0 Å². The first-order valence-electron chi connectivity index (χ1n) is 11.1. The average molecular weight is 494 g/mol. The fraction of sp³-hybridized carbons (Fsp3) is 0.192. The number of amides is 2. The molecule has 2 amide bonds. The number of thiocarbonyl (C=S) groups is 1. The molecule has 0 aliphatic heterocycles. The van der Waals surface area contributed by atoms with Crippen LogP contribution in [-0.4, -0.2) is 36.7 Å². The number of rotatable bonds is 10. The highest BCUT2D eigenvalue weighted by Gasteiger charge is 2.13. The van der Waals surface area contributed by atoms with E-state index in [1.807, 2.05) is 37.3 Å². The van der Waals surface area contributed by atoms with Crippen molar-refractivity contribution in [3.05, 3.63) is 90.0 Å². The van der Waals surface area contributed by atoms with E-state index in [1.54, 1.807) is 48.5 Å². The first kappa shape index (κ1) is 25.5. The molecule has 182 valence electrons. The third-order valence-corrected chi connectivity index (χ3v) is 4.79. The molecule has 9 heteroatoms. The van der Waals surface area contributed by atoms with Gasteiger partial charge in [0.1, 0.15) is 30.5 Å². The molecule has 0 aliphatic carbocycles. The number of para-hydroxylation sites is 2. The Morgan fingerprint density at radius 2 is 1.34 bits per heavy atom. The van der Waals surface area contributed by atoms with Gasteiger partial charge in [-0.15, -0.1) is 0 Å². The lowest BCUT2D eigenvalue weighted by Crippen LogP contribution is -2.48. The molecule has 0 spiro atoms. The highest BCUT2D eigenvalue weighted by molar-refractivity contribution is 7.80. The van der Waals surface area contributed by atoms with Gasteiger partial charge in [0.2, 0.25) is 0 Å². The van der Waals surface area contributed by atoms with Gasteiger partial charge in [-0.1, -0.05) is 37.3 Å². The van der Waals surface area contributed by atoms with Crippen molar-refractivity contribution in [1.29, 1.82) is 0 Å². The van der Waals surface area contributed by atoms with E-state index in [2.05, 4.69) is 16.2 Å². The molecule has 0 radical (unpaired) electrons. The zero-order valence-corrected chi connectivity index (χ0v) is 20.1. The van der Waals surface area contributed by atoms with Crippen molar-refractivity contribution in [2.75, 3.05) is 19.8 Å². The Balaban J connectivity index is 1.41. The van der Waals surface area contributed by atoms with Crippen LogP contribution in [0.4, 0.5) is 0 Å². The molecule has 0 unspecified atom stereocenters. The van der Waals surface area contributed by atoms with Crippen molar-refractivity contribution < 1.29 is 23.8 Å². The van der Waals surface area contributed by atoms with Gasteiger partial charge in [-0.25, -0.2) is 0 Å². The SMILES string of the molecule is CCCOc1ccccc1C(=O)NNC(=S)NC(=O)c1ccc(OCCOc2ccccc2)cc1.